The number of nitrogens with one attached hydrogen (secondary N) is 1. The van der Waals surface area contributed by atoms with E-state index in [9.17, 15) is 4.79 Å². The van der Waals surface area contributed by atoms with Gasteiger partial charge in [-0.05, 0) is 50.2 Å². The van der Waals surface area contributed by atoms with Crippen molar-refractivity contribution in [3.8, 4) is 0 Å². The molecule has 1 N–H and O–H groups in total. The molecule has 1 amide bonds. The third-order valence-electron chi connectivity index (χ3n) is 4.23. The number of amides is 1. The minimum Gasteiger partial charge on any atom is -0.370 e. The van der Waals surface area contributed by atoms with E-state index in [0.29, 0.717) is 12.3 Å². The number of pyridine rings is 1. The Morgan fingerprint density at radius 3 is 2.95 bits per heavy atom. The van der Waals surface area contributed by atoms with Crippen LogP contribution in [0.4, 0.5) is 5.82 Å². The molecular formula is C16H23N3O. The largest absolute Gasteiger partial charge is 0.370 e. The molecule has 0 aromatic carbocycles. The molecule has 0 radical (unpaired) electrons. The lowest BCUT2D eigenvalue weighted by Crippen LogP contribution is -2.27. The van der Waals surface area contributed by atoms with Crippen molar-refractivity contribution in [3.63, 3.8) is 0 Å². The fourth-order valence-corrected chi connectivity index (χ4v) is 3.05. The number of carbonyl (C=O) groups excluding carboxylic acids is 1. The lowest BCUT2D eigenvalue weighted by Gasteiger charge is -2.17. The molecule has 20 heavy (non-hydrogen) atoms. The van der Waals surface area contributed by atoms with Crippen molar-refractivity contribution in [2.75, 3.05) is 25.0 Å². The van der Waals surface area contributed by atoms with Crippen molar-refractivity contribution in [3.05, 3.63) is 23.4 Å². The molecule has 1 aromatic heterocycles. The second-order valence-electron chi connectivity index (χ2n) is 5.78. The second-order valence-corrected chi connectivity index (χ2v) is 5.78. The summed E-state index contributed by atoms with van der Waals surface area (Å²) in [6.07, 6.45) is 7.12. The first kappa shape index (κ1) is 13.4. The minimum atomic E-state index is 0.318. The fourth-order valence-electron chi connectivity index (χ4n) is 3.05. The summed E-state index contributed by atoms with van der Waals surface area (Å²) < 4.78 is 0. The molecule has 0 unspecified atom stereocenters. The number of carbonyl (C=O) groups is 1. The third-order valence-corrected chi connectivity index (χ3v) is 4.23. The zero-order valence-corrected chi connectivity index (χ0v) is 12.0. The van der Waals surface area contributed by atoms with Crippen LogP contribution in [0.15, 0.2) is 12.1 Å². The molecular weight excluding hydrogens is 250 g/mol. The summed E-state index contributed by atoms with van der Waals surface area (Å²) in [5.41, 5.74) is 2.43. The number of fused-ring (bicyclic) bond motifs is 1. The van der Waals surface area contributed by atoms with Crippen LogP contribution in [0.2, 0.25) is 0 Å². The SMILES string of the molecule is O=C(CCCc1ccc2c(n1)NCCC2)N1CCCC1. The Kier molecular flexibility index (Phi) is 4.19. The van der Waals surface area contributed by atoms with Crippen LogP contribution in [0.5, 0.6) is 0 Å². The van der Waals surface area contributed by atoms with Gasteiger partial charge in [0, 0.05) is 31.7 Å². The first-order valence-electron chi connectivity index (χ1n) is 7.83. The van der Waals surface area contributed by atoms with Crippen LogP contribution >= 0.6 is 0 Å². The van der Waals surface area contributed by atoms with Crippen LogP contribution in [0.25, 0.3) is 0 Å². The van der Waals surface area contributed by atoms with Gasteiger partial charge in [-0.25, -0.2) is 4.98 Å². The van der Waals surface area contributed by atoms with E-state index in [4.69, 9.17) is 0 Å². The fraction of sp³-hybridized carbons (Fsp3) is 0.625. The molecule has 2 aliphatic heterocycles. The number of likely N-dealkylation sites (tertiary alicyclic amines) is 1. The lowest BCUT2D eigenvalue weighted by molar-refractivity contribution is -0.130. The molecule has 3 heterocycles. The van der Waals surface area contributed by atoms with Gasteiger partial charge in [0.1, 0.15) is 5.82 Å². The van der Waals surface area contributed by atoms with Gasteiger partial charge in [-0.3, -0.25) is 4.79 Å². The van der Waals surface area contributed by atoms with Gasteiger partial charge >= 0.3 is 0 Å². The summed E-state index contributed by atoms with van der Waals surface area (Å²) in [5, 5.41) is 3.36. The normalized spacial score (nSPS) is 17.7. The van der Waals surface area contributed by atoms with E-state index in [1.165, 1.54) is 24.8 Å². The quantitative estimate of drug-likeness (QED) is 0.916. The van der Waals surface area contributed by atoms with Gasteiger partial charge in [-0.2, -0.15) is 0 Å². The molecule has 108 valence electrons. The van der Waals surface area contributed by atoms with Crippen molar-refractivity contribution in [1.29, 1.82) is 0 Å². The highest BCUT2D eigenvalue weighted by atomic mass is 16.2. The van der Waals surface area contributed by atoms with Crippen molar-refractivity contribution in [2.24, 2.45) is 0 Å². The van der Waals surface area contributed by atoms with Gasteiger partial charge < -0.3 is 10.2 Å². The Hall–Kier alpha value is -1.58. The number of nitrogens with zero attached hydrogens (tertiary/aromatic N) is 2. The molecule has 0 spiro atoms. The number of anilines is 1. The molecule has 1 aromatic rings. The Morgan fingerprint density at radius 2 is 2.10 bits per heavy atom. The van der Waals surface area contributed by atoms with Gasteiger partial charge in [0.2, 0.25) is 5.91 Å². The van der Waals surface area contributed by atoms with Crippen molar-refractivity contribution < 1.29 is 4.79 Å². The van der Waals surface area contributed by atoms with E-state index < -0.39 is 0 Å². The van der Waals surface area contributed by atoms with E-state index in [2.05, 4.69) is 22.4 Å². The van der Waals surface area contributed by atoms with E-state index in [-0.39, 0.29) is 0 Å². The van der Waals surface area contributed by atoms with E-state index >= 15 is 0 Å². The molecule has 1 saturated heterocycles. The maximum Gasteiger partial charge on any atom is 0.222 e. The summed E-state index contributed by atoms with van der Waals surface area (Å²) in [7, 11) is 0. The topological polar surface area (TPSA) is 45.2 Å². The van der Waals surface area contributed by atoms with Crippen molar-refractivity contribution in [1.82, 2.24) is 9.88 Å². The van der Waals surface area contributed by atoms with Crippen molar-refractivity contribution >= 4 is 11.7 Å². The average Bonchev–Trinajstić information content (AvgIpc) is 3.01. The number of hydrogen-bond donors (Lipinski definition) is 1. The molecule has 0 aliphatic carbocycles. The minimum absolute atomic E-state index is 0.318. The monoisotopic (exact) mass is 273 g/mol. The van der Waals surface area contributed by atoms with E-state index in [1.54, 1.807) is 0 Å². The standard InChI is InChI=1S/C16H23N3O/c20-15(19-11-1-2-12-19)7-3-6-14-9-8-13-5-4-10-17-16(13)18-14/h8-9H,1-7,10-12H2,(H,17,18). The van der Waals surface area contributed by atoms with Gasteiger partial charge in [-0.1, -0.05) is 6.07 Å². The number of aromatic nitrogens is 1. The molecule has 0 saturated carbocycles. The van der Waals surface area contributed by atoms with Gasteiger partial charge in [0.05, 0.1) is 0 Å². The highest BCUT2D eigenvalue weighted by Crippen LogP contribution is 2.20. The molecule has 1 fully saturated rings. The summed E-state index contributed by atoms with van der Waals surface area (Å²) in [4.78, 5) is 18.6. The maximum absolute atomic E-state index is 12.0. The molecule has 0 atom stereocenters. The Bertz CT molecular complexity index is 481. The van der Waals surface area contributed by atoms with E-state index in [1.807, 2.05) is 4.90 Å². The lowest BCUT2D eigenvalue weighted by atomic mass is 10.1. The zero-order valence-electron chi connectivity index (χ0n) is 12.0. The zero-order chi connectivity index (χ0) is 13.8. The molecule has 3 rings (SSSR count). The van der Waals surface area contributed by atoms with Crippen LogP contribution in [0.3, 0.4) is 0 Å². The third kappa shape index (κ3) is 3.11. The number of aryl methyl sites for hydroxylation is 2. The predicted octanol–water partition coefficient (Wildman–Crippen LogP) is 2.38. The van der Waals surface area contributed by atoms with Crippen LogP contribution in [0.1, 0.15) is 43.4 Å². The Balaban J connectivity index is 1.49. The first-order chi connectivity index (χ1) is 9.83. The molecule has 2 aliphatic rings. The van der Waals surface area contributed by atoms with E-state index in [0.717, 1.165) is 50.4 Å². The predicted molar refractivity (Wildman–Crippen MR) is 79.8 cm³/mol. The van der Waals surface area contributed by atoms with Crippen LogP contribution in [-0.2, 0) is 17.6 Å². The van der Waals surface area contributed by atoms with Gasteiger partial charge in [-0.15, -0.1) is 0 Å². The van der Waals surface area contributed by atoms with Crippen LogP contribution < -0.4 is 5.32 Å². The van der Waals surface area contributed by atoms with Crippen molar-refractivity contribution in [2.45, 2.75) is 44.9 Å². The number of rotatable bonds is 4. The summed E-state index contributed by atoms with van der Waals surface area (Å²) in [6, 6.07) is 4.30. The summed E-state index contributed by atoms with van der Waals surface area (Å²) >= 11 is 0. The second kappa shape index (κ2) is 6.25. The molecule has 4 nitrogen and oxygen atoms in total. The smallest absolute Gasteiger partial charge is 0.222 e. The Labute approximate surface area is 120 Å². The van der Waals surface area contributed by atoms with Crippen LogP contribution in [0, 0.1) is 0 Å². The van der Waals surface area contributed by atoms with Gasteiger partial charge in [0.25, 0.3) is 0 Å². The molecule has 0 bridgehead atoms. The van der Waals surface area contributed by atoms with Crippen LogP contribution in [-0.4, -0.2) is 35.4 Å². The van der Waals surface area contributed by atoms with Gasteiger partial charge in [0.15, 0.2) is 0 Å². The first-order valence-corrected chi connectivity index (χ1v) is 7.83. The number of hydrogen-bond acceptors (Lipinski definition) is 3. The average molecular weight is 273 g/mol. The molecule has 4 heteroatoms. The summed E-state index contributed by atoms with van der Waals surface area (Å²) in [5.74, 6) is 1.37. The maximum atomic E-state index is 12.0. The summed E-state index contributed by atoms with van der Waals surface area (Å²) in [6.45, 7) is 2.94. The highest BCUT2D eigenvalue weighted by molar-refractivity contribution is 5.76. The Morgan fingerprint density at radius 1 is 1.25 bits per heavy atom. The highest BCUT2D eigenvalue weighted by Gasteiger charge is 2.17.